The molecule has 13 heavy (non-hydrogen) atoms. The maximum atomic E-state index is 10.7. The van der Waals surface area contributed by atoms with Crippen LogP contribution in [0.4, 0.5) is 0 Å². The van der Waals surface area contributed by atoms with Gasteiger partial charge in [-0.1, -0.05) is 0 Å². The van der Waals surface area contributed by atoms with Crippen LogP contribution in [0.3, 0.4) is 0 Å². The third-order valence-electron chi connectivity index (χ3n) is 2.26. The standard InChI is InChI=1S/C7H8ClN3O2/c8-7-10-9-5-3-4(6(12)13)1-2-11(5)7/h4H,1-3H2,(H,12,13). The fourth-order valence-electron chi connectivity index (χ4n) is 1.50. The minimum Gasteiger partial charge on any atom is -0.481 e. The molecule has 0 radical (unpaired) electrons. The highest BCUT2D eigenvalue weighted by molar-refractivity contribution is 6.28. The quantitative estimate of drug-likeness (QED) is 0.722. The van der Waals surface area contributed by atoms with Crippen LogP contribution in [-0.4, -0.2) is 25.8 Å². The molecule has 1 N–H and O–H groups in total. The molecule has 1 aromatic rings. The largest absolute Gasteiger partial charge is 0.481 e. The van der Waals surface area contributed by atoms with E-state index in [-0.39, 0.29) is 5.92 Å². The van der Waals surface area contributed by atoms with Crippen LogP contribution in [-0.2, 0) is 17.8 Å². The van der Waals surface area contributed by atoms with E-state index >= 15 is 0 Å². The molecule has 1 aliphatic rings. The Balaban J connectivity index is 2.25. The molecule has 2 heterocycles. The molecule has 1 atom stereocenters. The highest BCUT2D eigenvalue weighted by atomic mass is 35.5. The van der Waals surface area contributed by atoms with Gasteiger partial charge in [0.05, 0.1) is 5.92 Å². The minimum atomic E-state index is -0.773. The number of fused-ring (bicyclic) bond motifs is 1. The third kappa shape index (κ3) is 1.39. The molecule has 0 aliphatic carbocycles. The van der Waals surface area contributed by atoms with Gasteiger partial charge in [0.15, 0.2) is 0 Å². The van der Waals surface area contributed by atoms with E-state index in [4.69, 9.17) is 16.7 Å². The van der Waals surface area contributed by atoms with Gasteiger partial charge in [0.25, 0.3) is 0 Å². The van der Waals surface area contributed by atoms with Crippen molar-refractivity contribution in [3.63, 3.8) is 0 Å². The first-order valence-corrected chi connectivity index (χ1v) is 4.36. The van der Waals surface area contributed by atoms with Crippen molar-refractivity contribution in [2.45, 2.75) is 19.4 Å². The number of hydrogen-bond acceptors (Lipinski definition) is 3. The lowest BCUT2D eigenvalue weighted by atomic mass is 9.98. The number of nitrogens with zero attached hydrogens (tertiary/aromatic N) is 3. The van der Waals surface area contributed by atoms with Crippen molar-refractivity contribution < 1.29 is 9.90 Å². The van der Waals surface area contributed by atoms with E-state index in [9.17, 15) is 4.79 Å². The molecule has 5 nitrogen and oxygen atoms in total. The van der Waals surface area contributed by atoms with E-state index in [0.717, 1.165) is 0 Å². The molecule has 1 aromatic heterocycles. The second-order valence-corrected chi connectivity index (χ2v) is 3.40. The van der Waals surface area contributed by atoms with Crippen molar-refractivity contribution in [3.05, 3.63) is 11.1 Å². The molecular formula is C7H8ClN3O2. The minimum absolute atomic E-state index is 0.340. The second kappa shape index (κ2) is 2.99. The maximum Gasteiger partial charge on any atom is 0.307 e. The van der Waals surface area contributed by atoms with E-state index < -0.39 is 5.97 Å². The van der Waals surface area contributed by atoms with Gasteiger partial charge >= 0.3 is 5.97 Å². The zero-order valence-corrected chi connectivity index (χ0v) is 7.53. The van der Waals surface area contributed by atoms with Gasteiger partial charge in [0.2, 0.25) is 5.28 Å². The Hall–Kier alpha value is -1.10. The monoisotopic (exact) mass is 201 g/mol. The van der Waals surface area contributed by atoms with Gasteiger partial charge in [-0.05, 0) is 18.0 Å². The predicted molar refractivity (Wildman–Crippen MR) is 44.5 cm³/mol. The number of halogens is 1. The zero-order chi connectivity index (χ0) is 9.42. The lowest BCUT2D eigenvalue weighted by molar-refractivity contribution is -0.142. The molecule has 0 bridgehead atoms. The molecule has 0 saturated heterocycles. The molecule has 0 saturated carbocycles. The van der Waals surface area contributed by atoms with Crippen LogP contribution in [0.2, 0.25) is 5.28 Å². The van der Waals surface area contributed by atoms with E-state index in [0.29, 0.717) is 30.5 Å². The molecule has 0 amide bonds. The number of rotatable bonds is 1. The molecule has 70 valence electrons. The van der Waals surface area contributed by atoms with Crippen LogP contribution >= 0.6 is 11.6 Å². The Morgan fingerprint density at radius 2 is 2.38 bits per heavy atom. The number of carboxylic acids is 1. The Labute approximate surface area is 79.3 Å². The van der Waals surface area contributed by atoms with Gasteiger partial charge in [-0.15, -0.1) is 10.2 Å². The SMILES string of the molecule is O=C(O)C1CCn2c(Cl)nnc2C1. The maximum absolute atomic E-state index is 10.7. The molecule has 0 aromatic carbocycles. The highest BCUT2D eigenvalue weighted by Gasteiger charge is 2.26. The van der Waals surface area contributed by atoms with Crippen LogP contribution in [0.1, 0.15) is 12.2 Å². The summed E-state index contributed by atoms with van der Waals surface area (Å²) < 4.78 is 1.75. The summed E-state index contributed by atoms with van der Waals surface area (Å²) in [7, 11) is 0. The van der Waals surface area contributed by atoms with Crippen molar-refractivity contribution >= 4 is 17.6 Å². The molecule has 2 rings (SSSR count). The van der Waals surface area contributed by atoms with Gasteiger partial charge in [-0.25, -0.2) is 0 Å². The summed E-state index contributed by atoms with van der Waals surface area (Å²) >= 11 is 5.73. The van der Waals surface area contributed by atoms with Crippen molar-refractivity contribution in [2.75, 3.05) is 0 Å². The fourth-order valence-corrected chi connectivity index (χ4v) is 1.72. The molecular weight excluding hydrogens is 194 g/mol. The average Bonchev–Trinajstić information content (AvgIpc) is 2.47. The highest BCUT2D eigenvalue weighted by Crippen LogP contribution is 2.21. The van der Waals surface area contributed by atoms with Crippen molar-refractivity contribution in [3.8, 4) is 0 Å². The van der Waals surface area contributed by atoms with Gasteiger partial charge in [-0.3, -0.25) is 4.79 Å². The molecule has 1 unspecified atom stereocenters. The molecule has 0 fully saturated rings. The average molecular weight is 202 g/mol. The van der Waals surface area contributed by atoms with Gasteiger partial charge in [-0.2, -0.15) is 0 Å². The number of carbonyl (C=O) groups is 1. The molecule has 6 heteroatoms. The normalized spacial score (nSPS) is 21.2. The van der Waals surface area contributed by atoms with Crippen LogP contribution in [0, 0.1) is 5.92 Å². The van der Waals surface area contributed by atoms with Crippen LogP contribution < -0.4 is 0 Å². The number of carboxylic acid groups (broad SMARTS) is 1. The lowest BCUT2D eigenvalue weighted by Crippen LogP contribution is -2.25. The zero-order valence-electron chi connectivity index (χ0n) is 6.77. The van der Waals surface area contributed by atoms with Crippen LogP contribution in [0.25, 0.3) is 0 Å². The van der Waals surface area contributed by atoms with E-state index in [1.54, 1.807) is 4.57 Å². The smallest absolute Gasteiger partial charge is 0.307 e. The molecule has 0 spiro atoms. The van der Waals surface area contributed by atoms with Gasteiger partial charge in [0.1, 0.15) is 5.82 Å². The summed E-state index contributed by atoms with van der Waals surface area (Å²) in [6, 6.07) is 0. The summed E-state index contributed by atoms with van der Waals surface area (Å²) in [6.45, 7) is 0.595. The van der Waals surface area contributed by atoms with Crippen molar-refractivity contribution in [1.82, 2.24) is 14.8 Å². The predicted octanol–water partition coefficient (Wildman–Crippen LogP) is 0.579. The number of aromatic nitrogens is 3. The Morgan fingerprint density at radius 1 is 1.62 bits per heavy atom. The summed E-state index contributed by atoms with van der Waals surface area (Å²) in [5.41, 5.74) is 0. The van der Waals surface area contributed by atoms with Gasteiger partial charge in [0, 0.05) is 13.0 Å². The summed E-state index contributed by atoms with van der Waals surface area (Å²) in [6.07, 6.45) is 1.02. The summed E-state index contributed by atoms with van der Waals surface area (Å²) in [4.78, 5) is 10.7. The fraction of sp³-hybridized carbons (Fsp3) is 0.571. The summed E-state index contributed by atoms with van der Waals surface area (Å²) in [5, 5.41) is 16.6. The first-order valence-electron chi connectivity index (χ1n) is 3.99. The van der Waals surface area contributed by atoms with Gasteiger partial charge < -0.3 is 9.67 Å². The second-order valence-electron chi connectivity index (χ2n) is 3.06. The van der Waals surface area contributed by atoms with E-state index in [1.807, 2.05) is 0 Å². The Bertz CT molecular complexity index is 350. The van der Waals surface area contributed by atoms with E-state index in [2.05, 4.69) is 10.2 Å². The third-order valence-corrected chi connectivity index (χ3v) is 2.54. The molecule has 1 aliphatic heterocycles. The van der Waals surface area contributed by atoms with Crippen molar-refractivity contribution in [1.29, 1.82) is 0 Å². The van der Waals surface area contributed by atoms with E-state index in [1.165, 1.54) is 0 Å². The topological polar surface area (TPSA) is 68.0 Å². The Kier molecular flexibility index (Phi) is 1.95. The summed E-state index contributed by atoms with van der Waals surface area (Å²) in [5.74, 6) is -0.443. The first kappa shape index (κ1) is 8.50. The first-order chi connectivity index (χ1) is 6.18. The van der Waals surface area contributed by atoms with Crippen LogP contribution in [0.5, 0.6) is 0 Å². The Morgan fingerprint density at radius 3 is 3.08 bits per heavy atom. The van der Waals surface area contributed by atoms with Crippen molar-refractivity contribution in [2.24, 2.45) is 5.92 Å². The van der Waals surface area contributed by atoms with Crippen LogP contribution in [0.15, 0.2) is 0 Å². The number of hydrogen-bond donors (Lipinski definition) is 1. The lowest BCUT2D eigenvalue weighted by Gasteiger charge is -2.18. The number of aliphatic carboxylic acids is 1.